The third-order valence-electron chi connectivity index (χ3n) is 1.92. The second kappa shape index (κ2) is 4.50. The van der Waals surface area contributed by atoms with Gasteiger partial charge in [-0.25, -0.2) is 18.4 Å². The predicted molar refractivity (Wildman–Crippen MR) is 58.9 cm³/mol. The number of carboxylic acids is 1. The summed E-state index contributed by atoms with van der Waals surface area (Å²) < 4.78 is 22.1. The Kier molecular flexibility index (Phi) is 3.51. The van der Waals surface area contributed by atoms with E-state index in [1.165, 1.54) is 12.1 Å². The van der Waals surface area contributed by atoms with Crippen LogP contribution in [0.4, 0.5) is 5.69 Å². The van der Waals surface area contributed by atoms with E-state index in [4.69, 9.17) is 10.2 Å². The van der Waals surface area contributed by atoms with E-state index in [9.17, 15) is 13.2 Å². The fraction of sp³-hybridized carbons (Fsp3) is 0.222. The smallest absolute Gasteiger partial charge is 0.337 e. The number of carbonyl (C=O) groups is 1. The summed E-state index contributed by atoms with van der Waals surface area (Å²) in [6.07, 6.45) is 0. The summed E-state index contributed by atoms with van der Waals surface area (Å²) in [7, 11) is -3.88. The molecule has 1 rings (SSSR count). The van der Waals surface area contributed by atoms with E-state index in [1.807, 2.05) is 0 Å². The van der Waals surface area contributed by atoms with Gasteiger partial charge in [-0.2, -0.15) is 0 Å². The molecule has 0 amide bonds. The van der Waals surface area contributed by atoms with Gasteiger partial charge in [0.25, 0.3) is 0 Å². The molecule has 0 atom stereocenters. The Morgan fingerprint density at radius 1 is 1.50 bits per heavy atom. The first-order chi connectivity index (χ1) is 7.36. The van der Waals surface area contributed by atoms with Crippen LogP contribution in [0.3, 0.4) is 0 Å². The number of carboxylic acid groups (broad SMARTS) is 1. The molecule has 7 heteroatoms. The van der Waals surface area contributed by atoms with E-state index < -0.39 is 16.0 Å². The van der Waals surface area contributed by atoms with Gasteiger partial charge in [0.2, 0.25) is 10.0 Å². The highest BCUT2D eigenvalue weighted by Gasteiger charge is 2.15. The van der Waals surface area contributed by atoms with Crippen molar-refractivity contribution in [2.45, 2.75) is 11.8 Å². The number of anilines is 1. The Labute approximate surface area is 93.1 Å². The molecule has 1 aromatic carbocycles. The number of nitrogens with one attached hydrogen (secondary N) is 1. The maximum absolute atomic E-state index is 11.0. The molecule has 16 heavy (non-hydrogen) atoms. The molecule has 4 N–H and O–H groups in total. The first-order valence-corrected chi connectivity index (χ1v) is 6.05. The Morgan fingerprint density at radius 3 is 2.56 bits per heavy atom. The Balaban J connectivity index is 3.34. The fourth-order valence-electron chi connectivity index (χ4n) is 1.22. The highest BCUT2D eigenvalue weighted by molar-refractivity contribution is 7.89. The van der Waals surface area contributed by atoms with Gasteiger partial charge in [0.1, 0.15) is 0 Å². The van der Waals surface area contributed by atoms with Crippen LogP contribution in [0.25, 0.3) is 0 Å². The van der Waals surface area contributed by atoms with Crippen LogP contribution in [0.15, 0.2) is 23.1 Å². The van der Waals surface area contributed by atoms with Gasteiger partial charge in [0.15, 0.2) is 0 Å². The van der Waals surface area contributed by atoms with E-state index >= 15 is 0 Å². The third kappa shape index (κ3) is 2.71. The minimum atomic E-state index is -3.88. The van der Waals surface area contributed by atoms with Crippen molar-refractivity contribution >= 4 is 21.7 Å². The highest BCUT2D eigenvalue weighted by Crippen LogP contribution is 2.19. The zero-order valence-corrected chi connectivity index (χ0v) is 9.41. The van der Waals surface area contributed by atoms with E-state index in [-0.39, 0.29) is 10.5 Å². The molecule has 0 aliphatic heterocycles. The first-order valence-electron chi connectivity index (χ1n) is 4.50. The second-order valence-electron chi connectivity index (χ2n) is 3.09. The maximum Gasteiger partial charge on any atom is 0.337 e. The van der Waals surface area contributed by atoms with Crippen molar-refractivity contribution in [3.05, 3.63) is 23.8 Å². The molecule has 0 aliphatic rings. The summed E-state index contributed by atoms with van der Waals surface area (Å²) >= 11 is 0. The summed E-state index contributed by atoms with van der Waals surface area (Å²) in [5.41, 5.74) is 0.246. The van der Waals surface area contributed by atoms with E-state index in [0.717, 1.165) is 6.07 Å². The lowest BCUT2D eigenvalue weighted by atomic mass is 10.2. The number of nitrogens with two attached hydrogens (primary N) is 1. The molecule has 88 valence electrons. The zero-order valence-electron chi connectivity index (χ0n) is 8.60. The topological polar surface area (TPSA) is 109 Å². The van der Waals surface area contributed by atoms with Gasteiger partial charge in [0, 0.05) is 12.2 Å². The first kappa shape index (κ1) is 12.5. The minimum absolute atomic E-state index is 0.117. The molecule has 0 bridgehead atoms. The van der Waals surface area contributed by atoms with Gasteiger partial charge >= 0.3 is 5.97 Å². The largest absolute Gasteiger partial charge is 0.478 e. The fourth-order valence-corrected chi connectivity index (χ4v) is 1.76. The molecule has 0 aliphatic carbocycles. The summed E-state index contributed by atoms with van der Waals surface area (Å²) in [4.78, 5) is 10.7. The van der Waals surface area contributed by atoms with Gasteiger partial charge in [-0.3, -0.25) is 0 Å². The van der Waals surface area contributed by atoms with E-state index in [2.05, 4.69) is 5.32 Å². The molecule has 0 unspecified atom stereocenters. The van der Waals surface area contributed by atoms with Crippen molar-refractivity contribution in [1.82, 2.24) is 0 Å². The standard InChI is InChI=1S/C9H12N2O4S/c1-2-11-8-4-3-6(16(10,14)15)5-7(8)9(12)13/h3-5,11H,2H2,1H3,(H,12,13)(H2,10,14,15). The summed E-state index contributed by atoms with van der Waals surface area (Å²) in [6.45, 7) is 2.34. The van der Waals surface area contributed by atoms with E-state index in [1.54, 1.807) is 6.92 Å². The number of hydrogen-bond acceptors (Lipinski definition) is 4. The summed E-state index contributed by atoms with van der Waals surface area (Å²) in [6, 6.07) is 3.68. The van der Waals surface area contributed by atoms with Crippen LogP contribution in [-0.2, 0) is 10.0 Å². The van der Waals surface area contributed by atoms with Crippen LogP contribution in [-0.4, -0.2) is 26.0 Å². The average molecular weight is 244 g/mol. The average Bonchev–Trinajstić information content (AvgIpc) is 2.16. The molecule has 0 saturated heterocycles. The van der Waals surface area contributed by atoms with Crippen LogP contribution in [0, 0.1) is 0 Å². The van der Waals surface area contributed by atoms with Gasteiger partial charge in [0.05, 0.1) is 10.5 Å². The lowest BCUT2D eigenvalue weighted by Crippen LogP contribution is -2.14. The lowest BCUT2D eigenvalue weighted by Gasteiger charge is -2.08. The molecule has 0 aromatic heterocycles. The van der Waals surface area contributed by atoms with Crippen LogP contribution in [0.5, 0.6) is 0 Å². The van der Waals surface area contributed by atoms with Crippen molar-refractivity contribution < 1.29 is 18.3 Å². The monoisotopic (exact) mass is 244 g/mol. The second-order valence-corrected chi connectivity index (χ2v) is 4.65. The molecule has 0 saturated carbocycles. The van der Waals surface area contributed by atoms with Gasteiger partial charge in [-0.1, -0.05) is 0 Å². The summed E-state index contributed by atoms with van der Waals surface area (Å²) in [5, 5.41) is 16.6. The van der Waals surface area contributed by atoms with Crippen LogP contribution < -0.4 is 10.5 Å². The molecule has 0 radical (unpaired) electrons. The molecular formula is C9H12N2O4S. The zero-order chi connectivity index (χ0) is 12.3. The molecule has 1 aromatic rings. The van der Waals surface area contributed by atoms with Gasteiger partial charge < -0.3 is 10.4 Å². The molecule has 0 fully saturated rings. The van der Waals surface area contributed by atoms with Crippen molar-refractivity contribution in [2.24, 2.45) is 5.14 Å². The Morgan fingerprint density at radius 2 is 2.12 bits per heavy atom. The van der Waals surface area contributed by atoms with E-state index in [0.29, 0.717) is 12.2 Å². The normalized spacial score (nSPS) is 11.1. The minimum Gasteiger partial charge on any atom is -0.478 e. The quantitative estimate of drug-likeness (QED) is 0.713. The SMILES string of the molecule is CCNc1ccc(S(N)(=O)=O)cc1C(=O)O. The number of sulfonamides is 1. The van der Waals surface area contributed by atoms with Crippen molar-refractivity contribution in [2.75, 3.05) is 11.9 Å². The number of aromatic carboxylic acids is 1. The lowest BCUT2D eigenvalue weighted by molar-refractivity contribution is 0.0697. The highest BCUT2D eigenvalue weighted by atomic mass is 32.2. The van der Waals surface area contributed by atoms with Crippen LogP contribution in [0.2, 0.25) is 0 Å². The van der Waals surface area contributed by atoms with Crippen molar-refractivity contribution in [1.29, 1.82) is 0 Å². The van der Waals surface area contributed by atoms with Crippen molar-refractivity contribution in [3.8, 4) is 0 Å². The van der Waals surface area contributed by atoms with Crippen molar-refractivity contribution in [3.63, 3.8) is 0 Å². The molecular weight excluding hydrogens is 232 g/mol. The predicted octanol–water partition coefficient (Wildman–Crippen LogP) is 0.464. The molecule has 0 heterocycles. The number of hydrogen-bond donors (Lipinski definition) is 3. The van der Waals surface area contributed by atoms with Crippen LogP contribution in [0.1, 0.15) is 17.3 Å². The molecule has 0 spiro atoms. The third-order valence-corrected chi connectivity index (χ3v) is 2.83. The van der Waals surface area contributed by atoms with Gasteiger partial charge in [-0.05, 0) is 25.1 Å². The maximum atomic E-state index is 11.0. The Hall–Kier alpha value is -1.60. The number of primary sulfonamides is 1. The number of rotatable bonds is 4. The molecule has 6 nitrogen and oxygen atoms in total. The number of benzene rings is 1. The van der Waals surface area contributed by atoms with Crippen LogP contribution >= 0.6 is 0 Å². The van der Waals surface area contributed by atoms with Gasteiger partial charge in [-0.15, -0.1) is 0 Å². The summed E-state index contributed by atoms with van der Waals surface area (Å²) in [5.74, 6) is -1.21. The Bertz CT molecular complexity index is 510.